The summed E-state index contributed by atoms with van der Waals surface area (Å²) in [5.41, 5.74) is 0. The van der Waals surface area contributed by atoms with Crippen LogP contribution in [0.25, 0.3) is 0 Å². The smallest absolute Gasteiger partial charge is 0.270 e. The van der Waals surface area contributed by atoms with Crippen LogP contribution in [0.2, 0.25) is 0 Å². The molecular weight excluding hydrogens is 413 g/mol. The lowest BCUT2D eigenvalue weighted by atomic mass is 9.86. The predicted octanol–water partition coefficient (Wildman–Crippen LogP) is 7.05. The molecule has 0 aromatic rings. The summed E-state index contributed by atoms with van der Waals surface area (Å²) in [7, 11) is -2.64. The molecule has 5 heteroatoms. The first kappa shape index (κ1) is 22.6. The van der Waals surface area contributed by atoms with E-state index < -0.39 is 7.59 Å². The zero-order valence-corrected chi connectivity index (χ0v) is 21.9. The predicted molar refractivity (Wildman–Crippen MR) is 133 cm³/mol. The van der Waals surface area contributed by atoms with Crippen molar-refractivity contribution < 1.29 is 4.57 Å². The molecular formula is C27H48N3OP. The van der Waals surface area contributed by atoms with E-state index in [2.05, 4.69) is 34.8 Å². The summed E-state index contributed by atoms with van der Waals surface area (Å²) in [6.07, 6.45) is 20.8. The molecule has 3 heterocycles. The van der Waals surface area contributed by atoms with Gasteiger partial charge in [0.2, 0.25) is 0 Å². The highest BCUT2D eigenvalue weighted by molar-refractivity contribution is 7.57. The van der Waals surface area contributed by atoms with E-state index >= 15 is 4.57 Å². The third kappa shape index (κ3) is 3.61. The lowest BCUT2D eigenvalue weighted by molar-refractivity contribution is 0.307. The summed E-state index contributed by atoms with van der Waals surface area (Å²) in [6.45, 7) is 7.21. The quantitative estimate of drug-likeness (QED) is 0.313. The van der Waals surface area contributed by atoms with E-state index in [1.165, 1.54) is 96.3 Å². The fourth-order valence-electron chi connectivity index (χ4n) is 8.92. The first-order chi connectivity index (χ1) is 15.5. The minimum atomic E-state index is -2.64. The van der Waals surface area contributed by atoms with Crippen molar-refractivity contribution in [1.29, 1.82) is 0 Å². The SMILES string of the molecule is CC1C(C2CCCCC2)N1P(=O)(N1C(C)C1C1CCCCC1)N1C(C)C1C1CCCCC1. The molecule has 0 radical (unpaired) electrons. The Hall–Kier alpha value is 0.110. The zero-order valence-electron chi connectivity index (χ0n) is 21.0. The molecule has 3 saturated carbocycles. The van der Waals surface area contributed by atoms with Crippen LogP contribution in [0, 0.1) is 17.8 Å². The van der Waals surface area contributed by atoms with Crippen LogP contribution in [-0.2, 0) is 4.57 Å². The van der Waals surface area contributed by atoms with Gasteiger partial charge in [-0.15, -0.1) is 0 Å². The zero-order chi connectivity index (χ0) is 22.0. The Bertz CT molecular complexity index is 631. The summed E-state index contributed by atoms with van der Waals surface area (Å²) in [5.74, 6) is 2.37. The molecule has 0 amide bonds. The Morgan fingerprint density at radius 2 is 0.719 bits per heavy atom. The highest BCUT2D eigenvalue weighted by Crippen LogP contribution is 2.77. The average molecular weight is 462 g/mol. The second kappa shape index (κ2) is 8.65. The lowest BCUT2D eigenvalue weighted by Crippen LogP contribution is -2.25. The van der Waals surface area contributed by atoms with Crippen molar-refractivity contribution in [1.82, 2.24) is 14.0 Å². The number of hydrogen-bond donors (Lipinski definition) is 0. The summed E-state index contributed by atoms with van der Waals surface area (Å²) in [6, 6.07) is 3.30. The molecule has 0 aromatic heterocycles. The van der Waals surface area contributed by atoms with E-state index in [-0.39, 0.29) is 0 Å². The van der Waals surface area contributed by atoms with Crippen molar-refractivity contribution in [2.75, 3.05) is 0 Å². The Kier molecular flexibility index (Phi) is 6.10. The maximum absolute atomic E-state index is 15.5. The van der Waals surface area contributed by atoms with Gasteiger partial charge in [0.25, 0.3) is 7.59 Å². The van der Waals surface area contributed by atoms with E-state index in [4.69, 9.17) is 0 Å². The molecule has 0 aromatic carbocycles. The highest BCUT2D eigenvalue weighted by atomic mass is 31.2. The Labute approximate surface area is 197 Å². The minimum Gasteiger partial charge on any atom is -0.270 e. The number of hydrogen-bond acceptors (Lipinski definition) is 1. The molecule has 0 N–H and O–H groups in total. The van der Waals surface area contributed by atoms with Gasteiger partial charge in [-0.2, -0.15) is 0 Å². The molecule has 6 rings (SSSR count). The standard InChI is InChI=1S/C27H48N3OP/c1-19-25(22-13-7-4-8-14-22)28(19)32(31,29-20(2)26(29)23-15-9-5-10-16-23)30-21(3)27(30)24-17-11-6-12-18-24/h19-27H,4-18H2,1-3H3. The van der Waals surface area contributed by atoms with Crippen LogP contribution in [0.4, 0.5) is 0 Å². The van der Waals surface area contributed by atoms with Crippen molar-refractivity contribution in [2.45, 2.75) is 153 Å². The Morgan fingerprint density at radius 3 is 0.969 bits per heavy atom. The van der Waals surface area contributed by atoms with Crippen LogP contribution in [-0.4, -0.2) is 50.3 Å². The van der Waals surface area contributed by atoms with Gasteiger partial charge < -0.3 is 0 Å². The molecule has 182 valence electrons. The van der Waals surface area contributed by atoms with E-state index in [1.807, 2.05) is 0 Å². The third-order valence-electron chi connectivity index (χ3n) is 10.7. The first-order valence-electron chi connectivity index (χ1n) is 14.5. The van der Waals surface area contributed by atoms with E-state index in [1.54, 1.807) is 0 Å². The second-order valence-electron chi connectivity index (χ2n) is 12.5. The molecule has 3 aliphatic carbocycles. The van der Waals surface area contributed by atoms with E-state index in [0.29, 0.717) is 36.3 Å². The van der Waals surface area contributed by atoms with Crippen molar-refractivity contribution in [3.05, 3.63) is 0 Å². The Morgan fingerprint density at radius 1 is 0.469 bits per heavy atom. The lowest BCUT2D eigenvalue weighted by Gasteiger charge is -2.31. The molecule has 3 aliphatic heterocycles. The van der Waals surface area contributed by atoms with Crippen molar-refractivity contribution >= 4 is 7.59 Å². The summed E-state index contributed by atoms with van der Waals surface area (Å²) in [5, 5.41) is 0. The number of nitrogens with zero attached hydrogens (tertiary/aromatic N) is 3. The third-order valence-corrected chi connectivity index (χ3v) is 14.4. The van der Waals surface area contributed by atoms with Gasteiger partial charge in [0, 0.05) is 36.3 Å². The van der Waals surface area contributed by atoms with Crippen molar-refractivity contribution in [3.63, 3.8) is 0 Å². The monoisotopic (exact) mass is 461 g/mol. The number of rotatable bonds is 6. The molecule has 3 saturated heterocycles. The van der Waals surface area contributed by atoms with E-state index in [0.717, 1.165) is 17.8 Å². The molecule has 9 unspecified atom stereocenters. The van der Waals surface area contributed by atoms with Crippen molar-refractivity contribution in [3.8, 4) is 0 Å². The van der Waals surface area contributed by atoms with Crippen LogP contribution in [0.1, 0.15) is 117 Å². The van der Waals surface area contributed by atoms with E-state index in [9.17, 15) is 0 Å². The summed E-state index contributed by atoms with van der Waals surface area (Å²) in [4.78, 5) is 0. The highest BCUT2D eigenvalue weighted by Gasteiger charge is 2.74. The van der Waals surface area contributed by atoms with Crippen LogP contribution in [0.5, 0.6) is 0 Å². The van der Waals surface area contributed by atoms with Gasteiger partial charge >= 0.3 is 0 Å². The van der Waals surface area contributed by atoms with Gasteiger partial charge in [-0.1, -0.05) is 57.8 Å². The molecule has 6 fully saturated rings. The van der Waals surface area contributed by atoms with Crippen molar-refractivity contribution in [2.24, 2.45) is 17.8 Å². The van der Waals surface area contributed by atoms with Crippen LogP contribution < -0.4 is 0 Å². The topological polar surface area (TPSA) is 26.1 Å². The van der Waals surface area contributed by atoms with Gasteiger partial charge in [-0.3, -0.25) is 4.57 Å². The molecule has 0 bridgehead atoms. The molecule has 0 spiro atoms. The second-order valence-corrected chi connectivity index (χ2v) is 15.0. The maximum Gasteiger partial charge on any atom is 0.288 e. The molecule has 32 heavy (non-hydrogen) atoms. The normalized spacial score (nSPS) is 50.0. The maximum atomic E-state index is 15.5. The fourth-order valence-corrected chi connectivity index (χ4v) is 13.5. The van der Waals surface area contributed by atoms with Crippen LogP contribution in [0.3, 0.4) is 0 Å². The molecule has 4 nitrogen and oxygen atoms in total. The summed E-state index contributed by atoms with van der Waals surface area (Å²) < 4.78 is 23.3. The fraction of sp³-hybridized carbons (Fsp3) is 1.00. The van der Waals surface area contributed by atoms with Gasteiger partial charge in [0.1, 0.15) is 0 Å². The Balaban J connectivity index is 1.27. The molecule has 9 atom stereocenters. The molecule has 6 aliphatic rings. The van der Waals surface area contributed by atoms with Gasteiger partial charge in [-0.05, 0) is 77.0 Å². The average Bonchev–Trinajstić information content (AvgIpc) is 3.77. The largest absolute Gasteiger partial charge is 0.288 e. The van der Waals surface area contributed by atoms with Gasteiger partial charge in [0.05, 0.1) is 0 Å². The van der Waals surface area contributed by atoms with Gasteiger partial charge in [-0.25, -0.2) is 14.0 Å². The van der Waals surface area contributed by atoms with Crippen LogP contribution >= 0.6 is 7.59 Å². The van der Waals surface area contributed by atoms with Gasteiger partial charge in [0.15, 0.2) is 0 Å². The van der Waals surface area contributed by atoms with Crippen LogP contribution in [0.15, 0.2) is 0 Å². The summed E-state index contributed by atoms with van der Waals surface area (Å²) >= 11 is 0. The first-order valence-corrected chi connectivity index (χ1v) is 16.1. The minimum absolute atomic E-state index is 0.517.